The molecule has 0 aromatic heterocycles. The van der Waals surface area contributed by atoms with Crippen LogP contribution in [0.5, 0.6) is 17.2 Å². The minimum atomic E-state index is -0.962. The van der Waals surface area contributed by atoms with Gasteiger partial charge in [-0.15, -0.1) is 0 Å². The molecule has 7 heteroatoms. The maximum absolute atomic E-state index is 12.8. The van der Waals surface area contributed by atoms with Crippen LogP contribution in [0.1, 0.15) is 39.7 Å². The summed E-state index contributed by atoms with van der Waals surface area (Å²) in [4.78, 5) is 26.9. The molecule has 0 bridgehead atoms. The monoisotopic (exact) mass is 440 g/mol. The van der Waals surface area contributed by atoms with Crippen molar-refractivity contribution < 1.29 is 23.8 Å². The third kappa shape index (κ3) is 5.52. The van der Waals surface area contributed by atoms with Crippen LogP contribution < -0.4 is 24.4 Å². The average Bonchev–Trinajstić information content (AvgIpc) is 2.76. The number of ether oxygens (including phenoxy) is 3. The second-order valence-electron chi connectivity index (χ2n) is 8.03. The Bertz CT molecular complexity index is 957. The van der Waals surface area contributed by atoms with E-state index in [-0.39, 0.29) is 18.2 Å². The minimum Gasteiger partial charge on any atom is -0.490 e. The highest BCUT2D eigenvalue weighted by atomic mass is 16.5. The van der Waals surface area contributed by atoms with Gasteiger partial charge in [-0.05, 0) is 63.9 Å². The van der Waals surface area contributed by atoms with Crippen molar-refractivity contribution in [3.63, 3.8) is 0 Å². The van der Waals surface area contributed by atoms with Gasteiger partial charge in [0.05, 0.1) is 18.9 Å². The molecule has 1 heterocycles. The molecule has 0 saturated heterocycles. The van der Waals surface area contributed by atoms with Crippen molar-refractivity contribution >= 4 is 17.5 Å². The molecule has 0 atom stereocenters. The van der Waals surface area contributed by atoms with Crippen LogP contribution in [0.3, 0.4) is 0 Å². The Labute approximate surface area is 189 Å². The number of fused-ring (bicyclic) bond motifs is 1. The van der Waals surface area contributed by atoms with Crippen molar-refractivity contribution in [2.75, 3.05) is 31.2 Å². The van der Waals surface area contributed by atoms with E-state index in [1.807, 2.05) is 56.3 Å². The normalized spacial score (nSPS) is 14.4. The molecule has 0 fully saturated rings. The van der Waals surface area contributed by atoms with Gasteiger partial charge in [0, 0.05) is 19.5 Å². The highest BCUT2D eigenvalue weighted by Crippen LogP contribution is 2.37. The van der Waals surface area contributed by atoms with Crippen LogP contribution in [-0.4, -0.2) is 43.7 Å². The van der Waals surface area contributed by atoms with Gasteiger partial charge >= 0.3 is 0 Å². The van der Waals surface area contributed by atoms with Crippen molar-refractivity contribution in [3.8, 4) is 17.2 Å². The number of amides is 2. The van der Waals surface area contributed by atoms with E-state index in [1.165, 1.54) is 0 Å². The van der Waals surface area contributed by atoms with Gasteiger partial charge in [0.2, 0.25) is 5.91 Å². The summed E-state index contributed by atoms with van der Waals surface area (Å²) in [6.07, 6.45) is 0.883. The average molecular weight is 441 g/mol. The first kappa shape index (κ1) is 23.4. The lowest BCUT2D eigenvalue weighted by Crippen LogP contribution is -2.53. The van der Waals surface area contributed by atoms with Crippen LogP contribution in [0.15, 0.2) is 42.5 Å². The molecule has 7 nitrogen and oxygen atoms in total. The third-order valence-electron chi connectivity index (χ3n) is 5.19. The van der Waals surface area contributed by atoms with Crippen molar-refractivity contribution in [1.82, 2.24) is 5.32 Å². The molecular formula is C25H32N2O5. The molecule has 0 spiro atoms. The van der Waals surface area contributed by atoms with Crippen LogP contribution in [-0.2, 0) is 16.0 Å². The molecule has 3 rings (SSSR count). The van der Waals surface area contributed by atoms with Crippen LogP contribution in [0, 0.1) is 0 Å². The van der Waals surface area contributed by atoms with Crippen LogP contribution in [0.2, 0.25) is 0 Å². The Balaban J connectivity index is 1.54. The summed E-state index contributed by atoms with van der Waals surface area (Å²) >= 11 is 0. The molecule has 2 aromatic rings. The first-order valence-corrected chi connectivity index (χ1v) is 11.1. The predicted octanol–water partition coefficient (Wildman–Crippen LogP) is 3.74. The topological polar surface area (TPSA) is 77.1 Å². The number of nitrogens with one attached hydrogen (secondary N) is 1. The molecule has 2 aromatic carbocycles. The molecule has 0 aliphatic carbocycles. The zero-order valence-corrected chi connectivity index (χ0v) is 19.3. The number of carbonyl (C=O) groups is 2. The summed E-state index contributed by atoms with van der Waals surface area (Å²) in [5.41, 5.74) is 0.787. The lowest BCUT2D eigenvalue weighted by molar-refractivity contribution is -0.132. The minimum absolute atomic E-state index is 0.101. The summed E-state index contributed by atoms with van der Waals surface area (Å²) in [6.45, 7) is 9.27. The molecule has 0 saturated carbocycles. The Morgan fingerprint density at radius 1 is 1.06 bits per heavy atom. The summed E-state index contributed by atoms with van der Waals surface area (Å²) in [5.74, 6) is 1.83. The molecule has 1 aliphatic heterocycles. The number of hydrogen-bond donors (Lipinski definition) is 1. The van der Waals surface area contributed by atoms with Gasteiger partial charge in [0.15, 0.2) is 17.1 Å². The van der Waals surface area contributed by atoms with E-state index in [1.54, 1.807) is 18.7 Å². The number of benzene rings is 2. The lowest BCUT2D eigenvalue weighted by Gasteiger charge is -2.38. The van der Waals surface area contributed by atoms with E-state index in [0.29, 0.717) is 49.9 Å². The number of nitrogens with zero attached hydrogens (tertiary/aromatic N) is 1. The molecule has 1 N–H and O–H groups in total. The van der Waals surface area contributed by atoms with Crippen molar-refractivity contribution in [2.24, 2.45) is 0 Å². The van der Waals surface area contributed by atoms with Gasteiger partial charge < -0.3 is 24.4 Å². The van der Waals surface area contributed by atoms with Crippen LogP contribution in [0.25, 0.3) is 0 Å². The summed E-state index contributed by atoms with van der Waals surface area (Å²) in [5, 5.41) is 2.94. The number of hydrogen-bond acceptors (Lipinski definition) is 5. The largest absolute Gasteiger partial charge is 0.490 e. The van der Waals surface area contributed by atoms with Crippen molar-refractivity contribution in [2.45, 2.75) is 46.1 Å². The predicted molar refractivity (Wildman–Crippen MR) is 124 cm³/mol. The Hall–Kier alpha value is -3.22. The summed E-state index contributed by atoms with van der Waals surface area (Å²) < 4.78 is 17.1. The van der Waals surface area contributed by atoms with E-state index < -0.39 is 5.60 Å². The molecule has 0 unspecified atom stereocenters. The smallest absolute Gasteiger partial charge is 0.270 e. The zero-order chi connectivity index (χ0) is 23.1. The summed E-state index contributed by atoms with van der Waals surface area (Å²) in [6, 6.07) is 13.2. The Morgan fingerprint density at radius 3 is 2.53 bits per heavy atom. The maximum Gasteiger partial charge on any atom is 0.270 e. The van der Waals surface area contributed by atoms with Gasteiger partial charge in [-0.3, -0.25) is 9.59 Å². The molecular weight excluding hydrogens is 408 g/mol. The van der Waals surface area contributed by atoms with Crippen LogP contribution >= 0.6 is 0 Å². The SMILES string of the molecule is CCOc1ccc(CCNC(=O)CCN2C(=O)C(C)(C)Oc3ccccc32)cc1OCC. The fraction of sp³-hybridized carbons (Fsp3) is 0.440. The first-order chi connectivity index (χ1) is 15.4. The van der Waals surface area contributed by atoms with Gasteiger partial charge in [-0.25, -0.2) is 0 Å². The number of rotatable bonds is 10. The third-order valence-corrected chi connectivity index (χ3v) is 5.19. The fourth-order valence-electron chi connectivity index (χ4n) is 3.64. The second-order valence-corrected chi connectivity index (χ2v) is 8.03. The lowest BCUT2D eigenvalue weighted by atomic mass is 10.0. The standard InChI is InChI=1S/C25H32N2O5/c1-5-30-21-12-11-18(17-22(21)31-6-2)13-15-26-23(28)14-16-27-19-9-7-8-10-20(19)32-25(3,4)24(27)29/h7-12,17H,5-6,13-16H2,1-4H3,(H,26,28). The first-order valence-electron chi connectivity index (χ1n) is 11.1. The molecule has 172 valence electrons. The van der Waals surface area contributed by atoms with Crippen molar-refractivity contribution in [1.29, 1.82) is 0 Å². The second kappa shape index (κ2) is 10.4. The molecule has 2 amide bonds. The van der Waals surface area contributed by atoms with Gasteiger partial charge in [-0.1, -0.05) is 18.2 Å². The van der Waals surface area contributed by atoms with Gasteiger partial charge in [-0.2, -0.15) is 0 Å². The molecule has 0 radical (unpaired) electrons. The quantitative estimate of drug-likeness (QED) is 0.609. The van der Waals surface area contributed by atoms with E-state index in [4.69, 9.17) is 14.2 Å². The van der Waals surface area contributed by atoms with E-state index in [9.17, 15) is 9.59 Å². The van der Waals surface area contributed by atoms with Gasteiger partial charge in [0.1, 0.15) is 5.75 Å². The molecule has 32 heavy (non-hydrogen) atoms. The maximum atomic E-state index is 12.8. The number of para-hydroxylation sites is 2. The molecule has 1 aliphatic rings. The Morgan fingerprint density at radius 2 is 1.78 bits per heavy atom. The van der Waals surface area contributed by atoms with E-state index in [0.717, 1.165) is 11.3 Å². The Kier molecular flexibility index (Phi) is 7.62. The van der Waals surface area contributed by atoms with Crippen molar-refractivity contribution in [3.05, 3.63) is 48.0 Å². The van der Waals surface area contributed by atoms with E-state index in [2.05, 4.69) is 5.32 Å². The highest BCUT2D eigenvalue weighted by Gasteiger charge is 2.40. The number of carbonyl (C=O) groups excluding carboxylic acids is 2. The fourth-order valence-corrected chi connectivity index (χ4v) is 3.64. The zero-order valence-electron chi connectivity index (χ0n) is 19.3. The highest BCUT2D eigenvalue weighted by molar-refractivity contribution is 6.02. The van der Waals surface area contributed by atoms with Gasteiger partial charge in [0.25, 0.3) is 5.91 Å². The van der Waals surface area contributed by atoms with Crippen LogP contribution in [0.4, 0.5) is 5.69 Å². The summed E-state index contributed by atoms with van der Waals surface area (Å²) in [7, 11) is 0. The van der Waals surface area contributed by atoms with E-state index >= 15 is 0 Å². The number of anilines is 1.